The Bertz CT molecular complexity index is 1050. The molecule has 0 radical (unpaired) electrons. The van der Waals surface area contributed by atoms with Crippen molar-refractivity contribution >= 4 is 41.2 Å². The van der Waals surface area contributed by atoms with Crippen LogP contribution >= 0.6 is 11.6 Å². The number of urea groups is 1. The topological polar surface area (TPSA) is 87.7 Å². The Morgan fingerprint density at radius 3 is 2.68 bits per heavy atom. The number of ether oxygens (including phenoxy) is 1. The number of anilines is 1. The number of hydrogen-bond donors (Lipinski definition) is 2. The molecular formula is C23H24ClN3O4. The number of imide groups is 1. The van der Waals surface area contributed by atoms with Crippen LogP contribution in [-0.2, 0) is 9.59 Å². The maximum Gasteiger partial charge on any atom is 0.329 e. The van der Waals surface area contributed by atoms with Gasteiger partial charge in [0.05, 0.1) is 11.1 Å². The number of nitrogens with one attached hydrogen (secondary N) is 2. The number of nitrogens with zero attached hydrogens (tertiary/aromatic N) is 1. The van der Waals surface area contributed by atoms with Gasteiger partial charge in [-0.05, 0) is 55.7 Å². The third-order valence-electron chi connectivity index (χ3n) is 4.85. The van der Waals surface area contributed by atoms with Crippen LogP contribution in [0.5, 0.6) is 5.75 Å². The van der Waals surface area contributed by atoms with Crippen molar-refractivity contribution in [2.75, 3.05) is 11.9 Å². The quantitative estimate of drug-likeness (QED) is 0.493. The van der Waals surface area contributed by atoms with Gasteiger partial charge < -0.3 is 15.4 Å². The van der Waals surface area contributed by atoms with Crippen LogP contribution in [0.15, 0.2) is 48.2 Å². The first-order valence-electron chi connectivity index (χ1n) is 9.94. The monoisotopic (exact) mass is 441 g/mol. The molecule has 0 saturated carbocycles. The number of carbonyl (C=O) groups excluding carboxylic acids is 3. The molecule has 3 rings (SSSR count). The molecule has 4 amide bonds. The lowest BCUT2D eigenvalue weighted by atomic mass is 10.1. The highest BCUT2D eigenvalue weighted by atomic mass is 35.5. The lowest BCUT2D eigenvalue weighted by Gasteiger charge is -2.14. The molecule has 1 fully saturated rings. The van der Waals surface area contributed by atoms with E-state index in [0.29, 0.717) is 22.0 Å². The second kappa shape index (κ2) is 9.66. The van der Waals surface area contributed by atoms with Crippen molar-refractivity contribution in [1.82, 2.24) is 10.2 Å². The van der Waals surface area contributed by atoms with E-state index in [2.05, 4.69) is 10.6 Å². The normalized spacial score (nSPS) is 15.7. The largest absolute Gasteiger partial charge is 0.489 e. The summed E-state index contributed by atoms with van der Waals surface area (Å²) >= 11 is 6.28. The van der Waals surface area contributed by atoms with E-state index in [4.69, 9.17) is 16.3 Å². The van der Waals surface area contributed by atoms with Crippen molar-refractivity contribution in [3.63, 3.8) is 0 Å². The molecule has 31 heavy (non-hydrogen) atoms. The van der Waals surface area contributed by atoms with E-state index in [-0.39, 0.29) is 11.8 Å². The molecule has 1 saturated heterocycles. The number of hydrogen-bond acceptors (Lipinski definition) is 4. The van der Waals surface area contributed by atoms with Gasteiger partial charge in [0.1, 0.15) is 18.0 Å². The van der Waals surface area contributed by atoms with Gasteiger partial charge in [-0.1, -0.05) is 42.8 Å². The minimum atomic E-state index is -0.654. The SMILES string of the molecule is CC[C@@H](C)Oc1ccc(/C=C2\NC(=O)N(CC(=O)Nc3ccccc3C)C2=O)cc1Cl. The smallest absolute Gasteiger partial charge is 0.329 e. The van der Waals surface area contributed by atoms with E-state index < -0.39 is 24.4 Å². The van der Waals surface area contributed by atoms with Gasteiger partial charge in [0.25, 0.3) is 5.91 Å². The molecule has 1 heterocycles. The summed E-state index contributed by atoms with van der Waals surface area (Å²) in [5.74, 6) is -0.496. The van der Waals surface area contributed by atoms with Crippen molar-refractivity contribution in [2.24, 2.45) is 0 Å². The standard InChI is InChI=1S/C23H24ClN3O4/c1-4-15(3)31-20-10-9-16(11-17(20)24)12-19-22(29)27(23(30)26-19)13-21(28)25-18-8-6-5-7-14(18)2/h5-12,15H,4,13H2,1-3H3,(H,25,28)(H,26,30)/b19-12-/t15-/m1/s1. The Hall–Kier alpha value is -3.32. The summed E-state index contributed by atoms with van der Waals surface area (Å²) < 4.78 is 5.73. The molecule has 7 nitrogen and oxygen atoms in total. The summed E-state index contributed by atoms with van der Waals surface area (Å²) in [6, 6.07) is 11.7. The van der Waals surface area contributed by atoms with Crippen LogP contribution in [0.3, 0.4) is 0 Å². The van der Waals surface area contributed by atoms with Crippen molar-refractivity contribution in [3.8, 4) is 5.75 Å². The molecule has 162 valence electrons. The fourth-order valence-corrected chi connectivity index (χ4v) is 3.16. The van der Waals surface area contributed by atoms with E-state index in [1.807, 2.05) is 32.9 Å². The van der Waals surface area contributed by atoms with Gasteiger partial charge in [0.2, 0.25) is 5.91 Å². The Balaban J connectivity index is 1.69. The first kappa shape index (κ1) is 22.4. The van der Waals surface area contributed by atoms with E-state index in [1.54, 1.807) is 30.3 Å². The first-order chi connectivity index (χ1) is 14.8. The number of halogens is 1. The van der Waals surface area contributed by atoms with Gasteiger partial charge in [0, 0.05) is 5.69 Å². The molecule has 0 spiro atoms. The van der Waals surface area contributed by atoms with E-state index in [0.717, 1.165) is 16.9 Å². The van der Waals surface area contributed by atoms with Crippen molar-refractivity contribution in [1.29, 1.82) is 0 Å². The predicted molar refractivity (Wildman–Crippen MR) is 120 cm³/mol. The van der Waals surface area contributed by atoms with Crippen LogP contribution in [0.1, 0.15) is 31.4 Å². The third-order valence-corrected chi connectivity index (χ3v) is 5.15. The summed E-state index contributed by atoms with van der Waals surface area (Å²) in [6.07, 6.45) is 2.38. The zero-order valence-electron chi connectivity index (χ0n) is 17.6. The fourth-order valence-electron chi connectivity index (χ4n) is 2.93. The molecule has 8 heteroatoms. The van der Waals surface area contributed by atoms with E-state index in [9.17, 15) is 14.4 Å². The van der Waals surface area contributed by atoms with Crippen LogP contribution in [-0.4, -0.2) is 35.4 Å². The second-order valence-electron chi connectivity index (χ2n) is 7.27. The molecule has 0 unspecified atom stereocenters. The Labute approximate surface area is 186 Å². The second-order valence-corrected chi connectivity index (χ2v) is 7.68. The van der Waals surface area contributed by atoms with Crippen LogP contribution < -0.4 is 15.4 Å². The van der Waals surface area contributed by atoms with E-state index >= 15 is 0 Å². The lowest BCUT2D eigenvalue weighted by Crippen LogP contribution is -2.38. The van der Waals surface area contributed by atoms with Crippen LogP contribution in [0.4, 0.5) is 10.5 Å². The summed E-state index contributed by atoms with van der Waals surface area (Å²) in [7, 11) is 0. The molecular weight excluding hydrogens is 418 g/mol. The number of benzene rings is 2. The molecule has 0 aliphatic carbocycles. The highest BCUT2D eigenvalue weighted by molar-refractivity contribution is 6.32. The number of para-hydroxylation sites is 1. The Kier molecular flexibility index (Phi) is 6.97. The average Bonchev–Trinajstić information content (AvgIpc) is 2.99. The van der Waals surface area contributed by atoms with Crippen LogP contribution in [0, 0.1) is 6.92 Å². The molecule has 1 aliphatic heterocycles. The lowest BCUT2D eigenvalue weighted by molar-refractivity contribution is -0.127. The van der Waals surface area contributed by atoms with Gasteiger partial charge >= 0.3 is 6.03 Å². The van der Waals surface area contributed by atoms with Gasteiger partial charge in [-0.15, -0.1) is 0 Å². The molecule has 1 atom stereocenters. The summed E-state index contributed by atoms with van der Waals surface area (Å²) in [5, 5.41) is 5.62. The van der Waals surface area contributed by atoms with Gasteiger partial charge in [0.15, 0.2) is 0 Å². The third kappa shape index (κ3) is 5.44. The Morgan fingerprint density at radius 1 is 1.26 bits per heavy atom. The van der Waals surface area contributed by atoms with Crippen molar-refractivity contribution in [3.05, 3.63) is 64.3 Å². The maximum absolute atomic E-state index is 12.6. The van der Waals surface area contributed by atoms with E-state index in [1.165, 1.54) is 6.08 Å². The summed E-state index contributed by atoms with van der Waals surface area (Å²) in [4.78, 5) is 38.1. The highest BCUT2D eigenvalue weighted by Crippen LogP contribution is 2.28. The van der Waals surface area contributed by atoms with Gasteiger partial charge in [-0.3, -0.25) is 9.59 Å². The van der Waals surface area contributed by atoms with Crippen molar-refractivity contribution in [2.45, 2.75) is 33.3 Å². The van der Waals surface area contributed by atoms with Gasteiger partial charge in [-0.2, -0.15) is 0 Å². The molecule has 0 aromatic heterocycles. The van der Waals surface area contributed by atoms with Crippen LogP contribution in [0.2, 0.25) is 5.02 Å². The number of amides is 4. The molecule has 2 aromatic rings. The average molecular weight is 442 g/mol. The molecule has 2 aromatic carbocycles. The maximum atomic E-state index is 12.6. The Morgan fingerprint density at radius 2 is 2.00 bits per heavy atom. The predicted octanol–water partition coefficient (Wildman–Crippen LogP) is 4.36. The zero-order chi connectivity index (χ0) is 22.5. The van der Waals surface area contributed by atoms with Crippen LogP contribution in [0.25, 0.3) is 6.08 Å². The molecule has 0 bridgehead atoms. The molecule has 1 aliphatic rings. The zero-order valence-corrected chi connectivity index (χ0v) is 18.3. The number of aryl methyl sites for hydroxylation is 1. The fraction of sp³-hybridized carbons (Fsp3) is 0.261. The number of carbonyl (C=O) groups is 3. The summed E-state index contributed by atoms with van der Waals surface area (Å²) in [5.41, 5.74) is 2.20. The first-order valence-corrected chi connectivity index (χ1v) is 10.3. The minimum Gasteiger partial charge on any atom is -0.489 e. The molecule has 2 N–H and O–H groups in total. The minimum absolute atomic E-state index is 0.0248. The highest BCUT2D eigenvalue weighted by Gasteiger charge is 2.35. The van der Waals surface area contributed by atoms with Crippen molar-refractivity contribution < 1.29 is 19.1 Å². The van der Waals surface area contributed by atoms with Gasteiger partial charge in [-0.25, -0.2) is 9.69 Å². The summed E-state index contributed by atoms with van der Waals surface area (Å²) in [6.45, 7) is 5.43. The number of rotatable bonds is 7.